The molecular formula is C7H13N3O. The van der Waals surface area contributed by atoms with Gasteiger partial charge in [0.1, 0.15) is 0 Å². The zero-order chi connectivity index (χ0) is 8.10. The molecule has 62 valence electrons. The molecule has 3 N–H and O–H groups in total. The lowest BCUT2D eigenvalue weighted by atomic mass is 10.0. The summed E-state index contributed by atoms with van der Waals surface area (Å²) < 4.78 is 5.36. The van der Waals surface area contributed by atoms with Crippen molar-refractivity contribution in [3.8, 4) is 6.07 Å². The molecule has 0 aromatic carbocycles. The molecule has 11 heavy (non-hydrogen) atoms. The molecule has 2 atom stereocenters. The van der Waals surface area contributed by atoms with Crippen LogP contribution < -0.4 is 11.3 Å². The van der Waals surface area contributed by atoms with Gasteiger partial charge in [-0.3, -0.25) is 11.3 Å². The number of nitrogens with zero attached hydrogens (tertiary/aromatic N) is 1. The van der Waals surface area contributed by atoms with Gasteiger partial charge in [-0.1, -0.05) is 0 Å². The van der Waals surface area contributed by atoms with E-state index in [0.717, 1.165) is 12.8 Å². The molecule has 1 rings (SSSR count). The standard InChI is InChI=1S/C7H13N3O/c8-4-3-7-2-1-6(10-9)5-11-7/h6-7,10H,1-3,5,9H2/t6-,7+/m0/s1. The summed E-state index contributed by atoms with van der Waals surface area (Å²) in [6.07, 6.45) is 2.56. The monoisotopic (exact) mass is 155 g/mol. The van der Waals surface area contributed by atoms with Crippen LogP contribution >= 0.6 is 0 Å². The lowest BCUT2D eigenvalue weighted by Crippen LogP contribution is -2.43. The molecular weight excluding hydrogens is 142 g/mol. The second kappa shape index (κ2) is 4.29. The van der Waals surface area contributed by atoms with Crippen LogP contribution in [-0.4, -0.2) is 18.8 Å². The Bertz CT molecular complexity index is 146. The lowest BCUT2D eigenvalue weighted by Gasteiger charge is -2.26. The first-order valence-corrected chi connectivity index (χ1v) is 3.81. The number of ether oxygens (including phenoxy) is 1. The highest BCUT2D eigenvalue weighted by molar-refractivity contribution is 4.81. The normalized spacial score (nSPS) is 31.3. The molecule has 0 aromatic rings. The highest BCUT2D eigenvalue weighted by Crippen LogP contribution is 2.14. The van der Waals surface area contributed by atoms with Crippen LogP contribution in [0.1, 0.15) is 19.3 Å². The molecule has 0 unspecified atom stereocenters. The SMILES string of the molecule is N#CC[C@H]1CC[C@H](NN)CO1. The van der Waals surface area contributed by atoms with Gasteiger partial charge in [-0.25, -0.2) is 0 Å². The maximum atomic E-state index is 8.37. The Morgan fingerprint density at radius 3 is 2.91 bits per heavy atom. The molecule has 0 spiro atoms. The molecule has 1 fully saturated rings. The Morgan fingerprint density at radius 1 is 1.64 bits per heavy atom. The Balaban J connectivity index is 2.20. The molecule has 1 heterocycles. The third kappa shape index (κ3) is 2.46. The summed E-state index contributed by atoms with van der Waals surface area (Å²) in [7, 11) is 0. The van der Waals surface area contributed by atoms with Gasteiger partial charge >= 0.3 is 0 Å². The van der Waals surface area contributed by atoms with Crippen molar-refractivity contribution in [3.05, 3.63) is 0 Å². The fourth-order valence-electron chi connectivity index (χ4n) is 1.20. The van der Waals surface area contributed by atoms with E-state index in [1.54, 1.807) is 0 Å². The molecule has 0 amide bonds. The third-order valence-corrected chi connectivity index (χ3v) is 1.92. The van der Waals surface area contributed by atoms with Gasteiger partial charge in [0.2, 0.25) is 0 Å². The van der Waals surface area contributed by atoms with Crippen molar-refractivity contribution in [2.75, 3.05) is 6.61 Å². The smallest absolute Gasteiger partial charge is 0.0706 e. The fourth-order valence-corrected chi connectivity index (χ4v) is 1.20. The van der Waals surface area contributed by atoms with E-state index < -0.39 is 0 Å². The Labute approximate surface area is 66.3 Å². The van der Waals surface area contributed by atoms with Gasteiger partial charge in [-0.15, -0.1) is 0 Å². The van der Waals surface area contributed by atoms with Gasteiger partial charge in [0.05, 0.1) is 25.2 Å². The van der Waals surface area contributed by atoms with E-state index in [1.807, 2.05) is 0 Å². The summed E-state index contributed by atoms with van der Waals surface area (Å²) in [6, 6.07) is 2.36. The summed E-state index contributed by atoms with van der Waals surface area (Å²) in [5.41, 5.74) is 2.66. The molecule has 0 aromatic heterocycles. The van der Waals surface area contributed by atoms with Crippen molar-refractivity contribution in [2.45, 2.75) is 31.4 Å². The van der Waals surface area contributed by atoms with E-state index in [1.165, 1.54) is 0 Å². The van der Waals surface area contributed by atoms with E-state index in [2.05, 4.69) is 11.5 Å². The molecule has 0 bridgehead atoms. The molecule has 0 radical (unpaired) electrons. The largest absolute Gasteiger partial charge is 0.375 e. The van der Waals surface area contributed by atoms with Crippen LogP contribution in [0.5, 0.6) is 0 Å². The van der Waals surface area contributed by atoms with E-state index in [0.29, 0.717) is 13.0 Å². The minimum atomic E-state index is 0.129. The van der Waals surface area contributed by atoms with Gasteiger partial charge in [-0.2, -0.15) is 5.26 Å². The minimum absolute atomic E-state index is 0.129. The average Bonchev–Trinajstić information content (AvgIpc) is 2.07. The van der Waals surface area contributed by atoms with Crippen LogP contribution in [0.15, 0.2) is 0 Å². The number of hydrogen-bond donors (Lipinski definition) is 2. The van der Waals surface area contributed by atoms with Gasteiger partial charge in [-0.05, 0) is 12.8 Å². The van der Waals surface area contributed by atoms with Crippen molar-refractivity contribution in [1.82, 2.24) is 5.43 Å². The Hall–Kier alpha value is -0.630. The first-order chi connectivity index (χ1) is 5.36. The minimum Gasteiger partial charge on any atom is -0.375 e. The second-order valence-corrected chi connectivity index (χ2v) is 2.76. The van der Waals surface area contributed by atoms with Crippen LogP contribution in [0.25, 0.3) is 0 Å². The van der Waals surface area contributed by atoms with E-state index in [9.17, 15) is 0 Å². The van der Waals surface area contributed by atoms with E-state index >= 15 is 0 Å². The number of rotatable bonds is 2. The first-order valence-electron chi connectivity index (χ1n) is 3.81. The van der Waals surface area contributed by atoms with Crippen molar-refractivity contribution >= 4 is 0 Å². The van der Waals surface area contributed by atoms with Crippen LogP contribution in [0.2, 0.25) is 0 Å². The fraction of sp³-hybridized carbons (Fsp3) is 0.857. The molecule has 0 aliphatic carbocycles. The molecule has 4 nitrogen and oxygen atoms in total. The molecule has 4 heteroatoms. The van der Waals surface area contributed by atoms with Gasteiger partial charge in [0.15, 0.2) is 0 Å². The topological polar surface area (TPSA) is 71.1 Å². The predicted molar refractivity (Wildman–Crippen MR) is 40.3 cm³/mol. The summed E-state index contributed by atoms with van der Waals surface area (Å²) in [6.45, 7) is 0.628. The van der Waals surface area contributed by atoms with Crippen LogP contribution in [-0.2, 0) is 4.74 Å². The summed E-state index contributed by atoms with van der Waals surface area (Å²) >= 11 is 0. The van der Waals surface area contributed by atoms with Gasteiger partial charge < -0.3 is 4.74 Å². The van der Waals surface area contributed by atoms with E-state index in [-0.39, 0.29) is 12.1 Å². The molecule has 1 aliphatic heterocycles. The Kier molecular flexibility index (Phi) is 3.30. The van der Waals surface area contributed by atoms with Crippen molar-refractivity contribution in [2.24, 2.45) is 5.84 Å². The quantitative estimate of drug-likeness (QED) is 0.432. The highest BCUT2D eigenvalue weighted by Gasteiger charge is 2.19. The van der Waals surface area contributed by atoms with Crippen LogP contribution in [0.4, 0.5) is 0 Å². The van der Waals surface area contributed by atoms with Crippen molar-refractivity contribution < 1.29 is 4.74 Å². The molecule has 1 saturated heterocycles. The number of nitrogens with two attached hydrogens (primary N) is 1. The second-order valence-electron chi connectivity index (χ2n) is 2.76. The van der Waals surface area contributed by atoms with Crippen LogP contribution in [0, 0.1) is 11.3 Å². The summed E-state index contributed by atoms with van der Waals surface area (Å²) in [4.78, 5) is 0. The first kappa shape index (κ1) is 8.47. The van der Waals surface area contributed by atoms with E-state index in [4.69, 9.17) is 15.8 Å². The van der Waals surface area contributed by atoms with Gasteiger partial charge in [0.25, 0.3) is 0 Å². The maximum absolute atomic E-state index is 8.37. The van der Waals surface area contributed by atoms with Crippen LogP contribution in [0.3, 0.4) is 0 Å². The molecule has 1 aliphatic rings. The van der Waals surface area contributed by atoms with Crippen molar-refractivity contribution in [3.63, 3.8) is 0 Å². The lowest BCUT2D eigenvalue weighted by molar-refractivity contribution is 0.000574. The summed E-state index contributed by atoms with van der Waals surface area (Å²) in [5, 5.41) is 8.37. The summed E-state index contributed by atoms with van der Waals surface area (Å²) in [5.74, 6) is 5.23. The zero-order valence-corrected chi connectivity index (χ0v) is 6.42. The average molecular weight is 155 g/mol. The zero-order valence-electron chi connectivity index (χ0n) is 6.42. The maximum Gasteiger partial charge on any atom is 0.0706 e. The third-order valence-electron chi connectivity index (χ3n) is 1.92. The van der Waals surface area contributed by atoms with Gasteiger partial charge in [0, 0.05) is 6.04 Å². The highest BCUT2D eigenvalue weighted by atomic mass is 16.5. The Morgan fingerprint density at radius 2 is 2.45 bits per heavy atom. The predicted octanol–water partition coefficient (Wildman–Crippen LogP) is -0.0890. The van der Waals surface area contributed by atoms with Crippen molar-refractivity contribution in [1.29, 1.82) is 5.26 Å². The number of hydrogen-bond acceptors (Lipinski definition) is 4. The number of nitriles is 1. The molecule has 0 saturated carbocycles. The number of nitrogens with one attached hydrogen (secondary N) is 1. The number of hydrazine groups is 1.